The average Bonchev–Trinajstić information content (AvgIpc) is 3.07. The highest BCUT2D eigenvalue weighted by Crippen LogP contribution is 2.28. The smallest absolute Gasteiger partial charge is 0.206 e. The highest BCUT2D eigenvalue weighted by Gasteiger charge is 2.24. The summed E-state index contributed by atoms with van der Waals surface area (Å²) >= 11 is 0. The molecule has 5 heteroatoms. The molecule has 0 radical (unpaired) electrons. The van der Waals surface area contributed by atoms with Gasteiger partial charge in [0.1, 0.15) is 0 Å². The van der Waals surface area contributed by atoms with E-state index in [0.717, 1.165) is 48.5 Å². The number of hydrogen-bond donors (Lipinski definition) is 1. The van der Waals surface area contributed by atoms with Crippen molar-refractivity contribution in [2.24, 2.45) is 5.92 Å². The SMILES string of the molecule is N#Cc1ccccc1Cn1c(N2CCCC(CO)C2)nc2ccccc21. The van der Waals surface area contributed by atoms with Crippen LogP contribution in [-0.4, -0.2) is 34.4 Å². The largest absolute Gasteiger partial charge is 0.396 e. The van der Waals surface area contributed by atoms with Gasteiger partial charge < -0.3 is 14.6 Å². The molecule has 1 aliphatic heterocycles. The second kappa shape index (κ2) is 7.19. The molecule has 1 saturated heterocycles. The van der Waals surface area contributed by atoms with E-state index in [1.165, 1.54) is 0 Å². The van der Waals surface area contributed by atoms with Crippen molar-refractivity contribution in [1.82, 2.24) is 9.55 Å². The molecule has 2 aromatic carbocycles. The molecule has 2 heterocycles. The number of nitrogens with zero attached hydrogens (tertiary/aromatic N) is 4. The van der Waals surface area contributed by atoms with Crippen molar-refractivity contribution in [3.05, 3.63) is 59.7 Å². The second-order valence-corrected chi connectivity index (χ2v) is 6.89. The molecule has 1 unspecified atom stereocenters. The molecule has 1 aromatic heterocycles. The Bertz CT molecular complexity index is 956. The Balaban J connectivity index is 1.78. The quantitative estimate of drug-likeness (QED) is 0.788. The van der Waals surface area contributed by atoms with E-state index in [4.69, 9.17) is 4.98 Å². The third kappa shape index (κ3) is 3.04. The van der Waals surface area contributed by atoms with E-state index in [2.05, 4.69) is 21.6 Å². The molecule has 5 nitrogen and oxygen atoms in total. The van der Waals surface area contributed by atoms with Gasteiger partial charge in [0.15, 0.2) is 0 Å². The zero-order valence-corrected chi connectivity index (χ0v) is 14.7. The summed E-state index contributed by atoms with van der Waals surface area (Å²) in [6, 6.07) is 18.1. The molecule has 0 saturated carbocycles. The minimum absolute atomic E-state index is 0.216. The Labute approximate surface area is 153 Å². The van der Waals surface area contributed by atoms with Gasteiger partial charge in [0.05, 0.1) is 29.2 Å². The summed E-state index contributed by atoms with van der Waals surface area (Å²) in [6.45, 7) is 2.59. The number of nitriles is 1. The lowest BCUT2D eigenvalue weighted by atomic mass is 9.99. The van der Waals surface area contributed by atoms with Crippen LogP contribution < -0.4 is 4.90 Å². The van der Waals surface area contributed by atoms with Crippen molar-refractivity contribution in [3.63, 3.8) is 0 Å². The van der Waals surface area contributed by atoms with Gasteiger partial charge in [0, 0.05) is 19.7 Å². The fourth-order valence-corrected chi connectivity index (χ4v) is 3.79. The van der Waals surface area contributed by atoms with Gasteiger partial charge in [-0.3, -0.25) is 0 Å². The number of aromatic nitrogens is 2. The van der Waals surface area contributed by atoms with Gasteiger partial charge in [-0.1, -0.05) is 30.3 Å². The zero-order chi connectivity index (χ0) is 17.9. The lowest BCUT2D eigenvalue weighted by molar-refractivity contribution is 0.208. The van der Waals surface area contributed by atoms with Crippen LogP contribution in [0.3, 0.4) is 0 Å². The van der Waals surface area contributed by atoms with E-state index in [-0.39, 0.29) is 6.61 Å². The van der Waals surface area contributed by atoms with E-state index in [1.54, 1.807) is 0 Å². The maximum atomic E-state index is 9.58. The topological polar surface area (TPSA) is 65.1 Å². The maximum Gasteiger partial charge on any atom is 0.206 e. The molecule has 0 aliphatic carbocycles. The lowest BCUT2D eigenvalue weighted by Gasteiger charge is -2.33. The maximum absolute atomic E-state index is 9.58. The molecule has 1 aliphatic rings. The zero-order valence-electron chi connectivity index (χ0n) is 14.7. The number of rotatable bonds is 4. The Hall–Kier alpha value is -2.84. The van der Waals surface area contributed by atoms with Crippen LogP contribution in [0.1, 0.15) is 24.0 Å². The summed E-state index contributed by atoms with van der Waals surface area (Å²) in [5, 5.41) is 19.0. The van der Waals surface area contributed by atoms with Crippen LogP contribution in [0.25, 0.3) is 11.0 Å². The molecule has 0 spiro atoms. The van der Waals surface area contributed by atoms with E-state index in [1.807, 2.05) is 42.5 Å². The molecule has 4 rings (SSSR count). The molecular weight excluding hydrogens is 324 g/mol. The number of aliphatic hydroxyl groups is 1. The predicted molar refractivity (Wildman–Crippen MR) is 102 cm³/mol. The van der Waals surface area contributed by atoms with E-state index < -0.39 is 0 Å². The average molecular weight is 346 g/mol. The van der Waals surface area contributed by atoms with Crippen LogP contribution in [0, 0.1) is 17.2 Å². The first-order chi connectivity index (χ1) is 12.8. The van der Waals surface area contributed by atoms with Crippen molar-refractivity contribution in [2.75, 3.05) is 24.6 Å². The van der Waals surface area contributed by atoms with Crippen molar-refractivity contribution in [2.45, 2.75) is 19.4 Å². The highest BCUT2D eigenvalue weighted by atomic mass is 16.3. The summed E-state index contributed by atoms with van der Waals surface area (Å²) in [5.74, 6) is 1.22. The minimum Gasteiger partial charge on any atom is -0.396 e. The summed E-state index contributed by atoms with van der Waals surface area (Å²) < 4.78 is 2.20. The molecule has 0 amide bonds. The van der Waals surface area contributed by atoms with E-state index in [9.17, 15) is 10.4 Å². The van der Waals surface area contributed by atoms with Crippen molar-refractivity contribution in [3.8, 4) is 6.07 Å². The van der Waals surface area contributed by atoms with Gasteiger partial charge in [0.25, 0.3) is 0 Å². The second-order valence-electron chi connectivity index (χ2n) is 6.89. The Morgan fingerprint density at radius 1 is 1.15 bits per heavy atom. The number of anilines is 1. The standard InChI is InChI=1S/C21H22N4O/c22-12-17-7-1-2-8-18(17)14-25-20-10-4-3-9-19(20)23-21(25)24-11-5-6-16(13-24)15-26/h1-4,7-10,16,26H,5-6,11,13-15H2. The molecule has 26 heavy (non-hydrogen) atoms. The molecule has 1 fully saturated rings. The third-order valence-corrected chi connectivity index (χ3v) is 5.16. The Morgan fingerprint density at radius 3 is 2.81 bits per heavy atom. The minimum atomic E-state index is 0.216. The Morgan fingerprint density at radius 2 is 1.96 bits per heavy atom. The van der Waals surface area contributed by atoms with Gasteiger partial charge in [-0.25, -0.2) is 4.98 Å². The lowest BCUT2D eigenvalue weighted by Crippen LogP contribution is -2.38. The number of piperidine rings is 1. The number of hydrogen-bond acceptors (Lipinski definition) is 4. The van der Waals surface area contributed by atoms with Gasteiger partial charge in [-0.15, -0.1) is 0 Å². The summed E-state index contributed by atoms with van der Waals surface area (Å²) in [5.41, 5.74) is 3.72. The summed E-state index contributed by atoms with van der Waals surface area (Å²) in [7, 11) is 0. The summed E-state index contributed by atoms with van der Waals surface area (Å²) in [6.07, 6.45) is 2.12. The first kappa shape index (κ1) is 16.6. The third-order valence-electron chi connectivity index (χ3n) is 5.16. The Kier molecular flexibility index (Phi) is 4.59. The molecule has 1 N–H and O–H groups in total. The van der Waals surface area contributed by atoms with Crippen LogP contribution in [0.2, 0.25) is 0 Å². The van der Waals surface area contributed by atoms with Crippen LogP contribution in [0.4, 0.5) is 5.95 Å². The molecule has 3 aromatic rings. The first-order valence-corrected chi connectivity index (χ1v) is 9.09. The van der Waals surface area contributed by atoms with E-state index >= 15 is 0 Å². The monoisotopic (exact) mass is 346 g/mol. The van der Waals surface area contributed by atoms with Gasteiger partial charge in [0.2, 0.25) is 5.95 Å². The predicted octanol–water partition coefficient (Wildman–Crippen LogP) is 3.16. The van der Waals surface area contributed by atoms with Gasteiger partial charge in [-0.2, -0.15) is 5.26 Å². The van der Waals surface area contributed by atoms with E-state index in [0.29, 0.717) is 18.0 Å². The van der Waals surface area contributed by atoms with Crippen LogP contribution in [-0.2, 0) is 6.54 Å². The van der Waals surface area contributed by atoms with Crippen LogP contribution in [0.5, 0.6) is 0 Å². The van der Waals surface area contributed by atoms with Crippen molar-refractivity contribution >= 4 is 17.0 Å². The van der Waals surface area contributed by atoms with Gasteiger partial charge in [-0.05, 0) is 42.5 Å². The first-order valence-electron chi connectivity index (χ1n) is 9.09. The number of fused-ring (bicyclic) bond motifs is 1. The molecule has 1 atom stereocenters. The van der Waals surface area contributed by atoms with Crippen LogP contribution >= 0.6 is 0 Å². The molecular formula is C21H22N4O. The van der Waals surface area contributed by atoms with Gasteiger partial charge >= 0.3 is 0 Å². The number of para-hydroxylation sites is 2. The highest BCUT2D eigenvalue weighted by molar-refractivity contribution is 5.79. The molecule has 132 valence electrons. The van der Waals surface area contributed by atoms with Crippen molar-refractivity contribution in [1.29, 1.82) is 5.26 Å². The molecule has 0 bridgehead atoms. The fourth-order valence-electron chi connectivity index (χ4n) is 3.79. The van der Waals surface area contributed by atoms with Crippen molar-refractivity contribution < 1.29 is 5.11 Å². The summed E-state index contributed by atoms with van der Waals surface area (Å²) in [4.78, 5) is 7.16. The number of imidazole rings is 1. The fraction of sp³-hybridized carbons (Fsp3) is 0.333. The normalized spacial score (nSPS) is 17.4. The number of aliphatic hydroxyl groups excluding tert-OH is 1. The van der Waals surface area contributed by atoms with Crippen LogP contribution in [0.15, 0.2) is 48.5 Å². The number of benzene rings is 2.